The summed E-state index contributed by atoms with van der Waals surface area (Å²) < 4.78 is 20.4. The van der Waals surface area contributed by atoms with E-state index in [4.69, 9.17) is 4.74 Å². The van der Waals surface area contributed by atoms with Gasteiger partial charge >= 0.3 is 6.03 Å². The van der Waals surface area contributed by atoms with E-state index >= 15 is 0 Å². The molecule has 11 heteroatoms. The van der Waals surface area contributed by atoms with Crippen molar-refractivity contribution >= 4 is 34.6 Å². The zero-order valence-corrected chi connectivity index (χ0v) is 22.4. The van der Waals surface area contributed by atoms with Crippen molar-refractivity contribution in [2.45, 2.75) is 53.3 Å². The van der Waals surface area contributed by atoms with Gasteiger partial charge in [0, 0.05) is 25.3 Å². The summed E-state index contributed by atoms with van der Waals surface area (Å²) in [7, 11) is 0. The maximum absolute atomic E-state index is 15.0. The third kappa shape index (κ3) is 7.06. The first kappa shape index (κ1) is 28.1. The molecule has 4 heterocycles. The predicted octanol–water partition coefficient (Wildman–Crippen LogP) is 4.29. The first-order valence-corrected chi connectivity index (χ1v) is 13.1. The summed E-state index contributed by atoms with van der Waals surface area (Å²) in [5.41, 5.74) is 3.06. The third-order valence-corrected chi connectivity index (χ3v) is 6.03. The molecule has 3 aromatic rings. The molecule has 2 saturated heterocycles. The molecule has 3 N–H and O–H groups in total. The number of aromatic amines is 1. The number of fused-ring (bicyclic) bond motifs is 1. The van der Waals surface area contributed by atoms with Crippen LogP contribution in [-0.2, 0) is 4.74 Å². The van der Waals surface area contributed by atoms with Crippen LogP contribution in [0.4, 0.5) is 26.6 Å². The zero-order valence-electron chi connectivity index (χ0n) is 22.4. The number of hydrogen-bond acceptors (Lipinski definition) is 7. The molecule has 2 atom stereocenters. The van der Waals surface area contributed by atoms with Crippen LogP contribution in [0, 0.1) is 6.92 Å². The van der Waals surface area contributed by atoms with Crippen LogP contribution in [0.25, 0.3) is 11.2 Å². The number of aryl methyl sites for hydroxylation is 1. The number of carbonyl (C=O) groups is 1. The lowest BCUT2D eigenvalue weighted by molar-refractivity contribution is 0.122. The van der Waals surface area contributed by atoms with Gasteiger partial charge < -0.3 is 30.2 Å². The van der Waals surface area contributed by atoms with Crippen LogP contribution in [0.15, 0.2) is 30.6 Å². The second-order valence-electron chi connectivity index (χ2n) is 8.38. The first-order valence-electron chi connectivity index (χ1n) is 13.1. The lowest BCUT2D eigenvalue weighted by Gasteiger charge is -2.34. The Labute approximate surface area is 218 Å². The molecule has 2 unspecified atom stereocenters. The fourth-order valence-electron chi connectivity index (χ4n) is 4.20. The summed E-state index contributed by atoms with van der Waals surface area (Å²) in [4.78, 5) is 32.9. The van der Waals surface area contributed by atoms with E-state index in [1.165, 1.54) is 6.33 Å². The molecular formula is C26H39FN8O2. The topological polar surface area (TPSA) is 111 Å². The molecule has 2 fully saturated rings. The number of H-pyrrole nitrogens is 1. The van der Waals surface area contributed by atoms with Crippen LogP contribution in [0.5, 0.6) is 0 Å². The number of amides is 2. The molecule has 202 valence electrons. The molecule has 0 saturated carbocycles. The fourth-order valence-corrected chi connectivity index (χ4v) is 4.20. The number of imidazole rings is 1. The van der Waals surface area contributed by atoms with Gasteiger partial charge in [0.1, 0.15) is 18.0 Å². The number of hydrogen-bond donors (Lipinski definition) is 3. The Balaban J connectivity index is 0.000000907. The number of morpholine rings is 1. The van der Waals surface area contributed by atoms with Gasteiger partial charge in [-0.1, -0.05) is 45.4 Å². The second-order valence-corrected chi connectivity index (χ2v) is 8.38. The van der Waals surface area contributed by atoms with Gasteiger partial charge in [-0.25, -0.2) is 19.2 Å². The highest BCUT2D eigenvalue weighted by atomic mass is 19.1. The first-order chi connectivity index (χ1) is 18.1. The molecule has 1 aromatic carbocycles. The van der Waals surface area contributed by atoms with Crippen molar-refractivity contribution in [1.29, 1.82) is 0 Å². The van der Waals surface area contributed by atoms with Gasteiger partial charge in [-0.3, -0.25) is 0 Å². The van der Waals surface area contributed by atoms with Crippen molar-refractivity contribution in [1.82, 2.24) is 25.3 Å². The number of ether oxygens (including phenoxy) is 1. The van der Waals surface area contributed by atoms with Crippen molar-refractivity contribution in [2.24, 2.45) is 0 Å². The van der Waals surface area contributed by atoms with Crippen molar-refractivity contribution in [3.63, 3.8) is 0 Å². The molecule has 0 spiro atoms. The van der Waals surface area contributed by atoms with Crippen molar-refractivity contribution < 1.29 is 13.9 Å². The van der Waals surface area contributed by atoms with Gasteiger partial charge in [0.2, 0.25) is 5.95 Å². The molecule has 2 aliphatic heterocycles. The van der Waals surface area contributed by atoms with Gasteiger partial charge in [-0.15, -0.1) is 0 Å². The van der Waals surface area contributed by atoms with E-state index in [0.717, 1.165) is 30.0 Å². The Morgan fingerprint density at radius 3 is 2.43 bits per heavy atom. The normalized spacial score (nSPS) is 19.3. The predicted molar refractivity (Wildman–Crippen MR) is 146 cm³/mol. The Hall–Kier alpha value is -3.47. The van der Waals surface area contributed by atoms with Crippen LogP contribution in [-0.4, -0.2) is 77.6 Å². The minimum Gasteiger partial charge on any atom is -0.378 e. The van der Waals surface area contributed by atoms with Gasteiger partial charge in [0.15, 0.2) is 11.5 Å². The molecule has 2 amide bonds. The SMILES string of the molecule is CC.CC.Cc1ccc(NC(=O)NC2CCN(c3nc4ncnc(N5CCOCC5)c4[nH]3)CC2F)cc1. The van der Waals surface area contributed by atoms with E-state index in [0.29, 0.717) is 43.5 Å². The van der Waals surface area contributed by atoms with Gasteiger partial charge in [0.05, 0.1) is 25.8 Å². The van der Waals surface area contributed by atoms with Crippen LogP contribution in [0.1, 0.15) is 39.7 Å². The summed E-state index contributed by atoms with van der Waals surface area (Å²) in [5, 5.41) is 5.52. The minimum absolute atomic E-state index is 0.121. The summed E-state index contributed by atoms with van der Waals surface area (Å²) in [6.45, 7) is 13.4. The fraction of sp³-hybridized carbons (Fsp3) is 0.538. The molecule has 37 heavy (non-hydrogen) atoms. The van der Waals surface area contributed by atoms with E-state index < -0.39 is 18.2 Å². The number of rotatable bonds is 4. The highest BCUT2D eigenvalue weighted by Crippen LogP contribution is 2.26. The van der Waals surface area contributed by atoms with E-state index in [1.54, 1.807) is 0 Å². The van der Waals surface area contributed by atoms with E-state index in [-0.39, 0.29) is 6.54 Å². The molecule has 2 aromatic heterocycles. The maximum atomic E-state index is 15.0. The number of aromatic nitrogens is 4. The Kier molecular flexibility index (Phi) is 10.4. The van der Waals surface area contributed by atoms with Gasteiger partial charge in [-0.05, 0) is 25.5 Å². The van der Waals surface area contributed by atoms with Crippen molar-refractivity contribution in [3.05, 3.63) is 36.2 Å². The lowest BCUT2D eigenvalue weighted by atomic mass is 10.0. The number of urea groups is 1. The summed E-state index contributed by atoms with van der Waals surface area (Å²) >= 11 is 0. The quantitative estimate of drug-likeness (QED) is 0.476. The number of halogens is 1. The number of piperidine rings is 1. The molecule has 5 rings (SSSR count). The Morgan fingerprint density at radius 2 is 1.76 bits per heavy atom. The van der Waals surface area contributed by atoms with Crippen LogP contribution in [0.3, 0.4) is 0 Å². The number of anilines is 3. The number of carbonyl (C=O) groups excluding carboxylic acids is 1. The van der Waals surface area contributed by atoms with E-state index in [9.17, 15) is 9.18 Å². The highest BCUT2D eigenvalue weighted by Gasteiger charge is 2.32. The van der Waals surface area contributed by atoms with Gasteiger partial charge in [-0.2, -0.15) is 4.98 Å². The minimum atomic E-state index is -1.24. The molecular weight excluding hydrogens is 475 g/mol. The van der Waals surface area contributed by atoms with Crippen LogP contribution in [0.2, 0.25) is 0 Å². The molecule has 0 bridgehead atoms. The number of benzene rings is 1. The average Bonchev–Trinajstić information content (AvgIpc) is 3.38. The van der Waals surface area contributed by atoms with Crippen molar-refractivity contribution in [3.8, 4) is 0 Å². The molecule has 10 nitrogen and oxygen atoms in total. The average molecular weight is 515 g/mol. The largest absolute Gasteiger partial charge is 0.378 e. The van der Waals surface area contributed by atoms with E-state index in [2.05, 4.69) is 35.5 Å². The number of nitrogens with zero attached hydrogens (tertiary/aromatic N) is 5. The standard InChI is InChI=1S/C22H27FN8O2.2C2H6/c1-14-2-4-15(5-3-14)26-22(32)27-17-6-7-31(12-16(17)23)21-28-18-19(29-21)24-13-25-20(18)30-8-10-33-11-9-30;2*1-2/h2-5,13,16-17H,6-12H2,1H3,(H2,26,27,32)(H,24,25,28,29);2*1-2H3. The van der Waals surface area contributed by atoms with Crippen LogP contribution >= 0.6 is 0 Å². The number of alkyl halides is 1. The van der Waals surface area contributed by atoms with Crippen LogP contribution < -0.4 is 20.4 Å². The molecule has 0 aliphatic carbocycles. The molecule has 0 radical (unpaired) electrons. The number of nitrogens with one attached hydrogen (secondary N) is 3. The highest BCUT2D eigenvalue weighted by molar-refractivity contribution is 5.89. The zero-order chi connectivity index (χ0) is 26.8. The Bertz CT molecular complexity index is 1120. The monoisotopic (exact) mass is 514 g/mol. The molecule has 2 aliphatic rings. The third-order valence-electron chi connectivity index (χ3n) is 6.03. The summed E-state index contributed by atoms with van der Waals surface area (Å²) in [5.74, 6) is 1.34. The lowest BCUT2D eigenvalue weighted by Crippen LogP contribution is -2.53. The Morgan fingerprint density at radius 1 is 1.05 bits per heavy atom. The van der Waals surface area contributed by atoms with Gasteiger partial charge in [0.25, 0.3) is 0 Å². The smallest absolute Gasteiger partial charge is 0.319 e. The van der Waals surface area contributed by atoms with E-state index in [1.807, 2.05) is 63.8 Å². The summed E-state index contributed by atoms with van der Waals surface area (Å²) in [6.07, 6.45) is 0.723. The van der Waals surface area contributed by atoms with Crippen molar-refractivity contribution in [2.75, 3.05) is 54.5 Å². The maximum Gasteiger partial charge on any atom is 0.319 e. The second kappa shape index (κ2) is 13.7. The summed E-state index contributed by atoms with van der Waals surface area (Å²) in [6, 6.07) is 6.48.